The number of nitrogens with two attached hydrogens (primary N) is 1. The van der Waals surface area contributed by atoms with Crippen molar-refractivity contribution >= 4 is 28.9 Å². The lowest BCUT2D eigenvalue weighted by atomic mass is 10.3. The number of aromatic nitrogens is 2. The topological polar surface area (TPSA) is 104 Å². The average Bonchev–Trinajstić information content (AvgIpc) is 2.56. The van der Waals surface area contributed by atoms with Crippen LogP contribution in [0.25, 0.3) is 0 Å². The lowest BCUT2D eigenvalue weighted by molar-refractivity contribution is 0.112. The van der Waals surface area contributed by atoms with Crippen LogP contribution in [0.2, 0.25) is 10.0 Å². The van der Waals surface area contributed by atoms with Crippen molar-refractivity contribution < 1.29 is 9.84 Å². The predicted molar refractivity (Wildman–Crippen MR) is 94.1 cm³/mol. The van der Waals surface area contributed by atoms with Crippen LogP contribution in [0, 0.1) is 0 Å². The molecule has 4 N–H and O–H groups in total. The third-order valence-corrected chi connectivity index (χ3v) is 3.89. The van der Waals surface area contributed by atoms with Gasteiger partial charge in [-0.3, -0.25) is 4.79 Å². The van der Waals surface area contributed by atoms with E-state index in [-0.39, 0.29) is 18.2 Å². The molecule has 1 aromatic heterocycles. The van der Waals surface area contributed by atoms with E-state index in [0.29, 0.717) is 29.5 Å². The van der Waals surface area contributed by atoms with E-state index < -0.39 is 11.7 Å². The number of hydrogen-bond acceptors (Lipinski definition) is 6. The average molecular weight is 373 g/mol. The van der Waals surface area contributed by atoms with Crippen LogP contribution in [0.1, 0.15) is 0 Å². The predicted octanol–water partition coefficient (Wildman–Crippen LogP) is 1.28. The first kappa shape index (κ1) is 18.5. The van der Waals surface area contributed by atoms with Crippen molar-refractivity contribution in [2.45, 2.75) is 6.10 Å². The maximum absolute atomic E-state index is 11.6. The molecule has 0 radical (unpaired) electrons. The molecule has 2 aromatic rings. The van der Waals surface area contributed by atoms with Crippen LogP contribution < -0.4 is 20.9 Å². The second-order valence-electron chi connectivity index (χ2n) is 5.03. The lowest BCUT2D eigenvalue weighted by Crippen LogP contribution is -2.39. The number of anilines is 1. The van der Waals surface area contributed by atoms with Crippen LogP contribution in [0.15, 0.2) is 35.3 Å². The van der Waals surface area contributed by atoms with Crippen LogP contribution in [0.4, 0.5) is 5.69 Å². The Labute approximate surface area is 148 Å². The minimum Gasteiger partial charge on any atom is -0.489 e. The summed E-state index contributed by atoms with van der Waals surface area (Å²) in [6.07, 6.45) is 0.573. The third kappa shape index (κ3) is 4.85. The summed E-state index contributed by atoms with van der Waals surface area (Å²) in [5.41, 5.74) is 5.50. The van der Waals surface area contributed by atoms with Gasteiger partial charge in [0.25, 0.3) is 5.56 Å². The van der Waals surface area contributed by atoms with Gasteiger partial charge in [0, 0.05) is 19.6 Å². The van der Waals surface area contributed by atoms with E-state index in [1.807, 2.05) is 0 Å². The Hall–Kier alpha value is -1.80. The van der Waals surface area contributed by atoms with Gasteiger partial charge in [-0.15, -0.1) is 0 Å². The molecule has 0 aliphatic carbocycles. The number of aromatic amines is 1. The maximum Gasteiger partial charge on any atom is 0.285 e. The first-order chi connectivity index (χ1) is 11.5. The Bertz CT molecular complexity index is 726. The molecule has 1 heterocycles. The summed E-state index contributed by atoms with van der Waals surface area (Å²) in [5.74, 6) is 0.486. The van der Waals surface area contributed by atoms with Crippen molar-refractivity contribution in [2.75, 3.05) is 31.1 Å². The van der Waals surface area contributed by atoms with Crippen LogP contribution >= 0.6 is 23.2 Å². The standard InChI is InChI=1S/C15H18Cl2N4O3/c16-11-3-1-2-4-13(11)24-9-10(22)8-21(6-5-18)12-7-19-20-15(23)14(12)17/h1-4,7,10,22H,5-6,8-9,18H2,(H,20,23). The van der Waals surface area contributed by atoms with E-state index in [1.54, 1.807) is 29.2 Å². The zero-order valence-electron chi connectivity index (χ0n) is 12.8. The number of para-hydroxylation sites is 1. The zero-order chi connectivity index (χ0) is 17.5. The number of nitrogens with one attached hydrogen (secondary N) is 1. The molecule has 7 nitrogen and oxygen atoms in total. The molecule has 1 unspecified atom stereocenters. The number of hydrogen-bond donors (Lipinski definition) is 3. The highest BCUT2D eigenvalue weighted by Crippen LogP contribution is 2.24. The van der Waals surface area contributed by atoms with E-state index in [1.165, 1.54) is 6.20 Å². The van der Waals surface area contributed by atoms with Gasteiger partial charge in [-0.05, 0) is 12.1 Å². The molecule has 130 valence electrons. The Kier molecular flexibility index (Phi) is 6.86. The van der Waals surface area contributed by atoms with Gasteiger partial charge in [-0.2, -0.15) is 5.10 Å². The van der Waals surface area contributed by atoms with Crippen molar-refractivity contribution in [3.63, 3.8) is 0 Å². The normalized spacial score (nSPS) is 12.0. The summed E-state index contributed by atoms with van der Waals surface area (Å²) in [5, 5.41) is 16.7. The lowest BCUT2D eigenvalue weighted by Gasteiger charge is -2.27. The number of aliphatic hydroxyl groups excluding tert-OH is 1. The van der Waals surface area contributed by atoms with E-state index >= 15 is 0 Å². The van der Waals surface area contributed by atoms with Crippen molar-refractivity contribution in [2.24, 2.45) is 5.73 Å². The van der Waals surface area contributed by atoms with Crippen molar-refractivity contribution in [3.05, 3.63) is 50.9 Å². The molecule has 0 saturated heterocycles. The van der Waals surface area contributed by atoms with Crippen LogP contribution in [0.5, 0.6) is 5.75 Å². The second kappa shape index (κ2) is 8.89. The monoisotopic (exact) mass is 372 g/mol. The minimum absolute atomic E-state index is 0.00216. The zero-order valence-corrected chi connectivity index (χ0v) is 14.3. The summed E-state index contributed by atoms with van der Waals surface area (Å²) in [6, 6.07) is 6.99. The molecule has 2 rings (SSSR count). The van der Waals surface area contributed by atoms with Gasteiger partial charge >= 0.3 is 0 Å². The number of H-pyrrole nitrogens is 1. The fraction of sp³-hybridized carbons (Fsp3) is 0.333. The summed E-state index contributed by atoms with van der Waals surface area (Å²) >= 11 is 12.0. The van der Waals surface area contributed by atoms with Crippen LogP contribution in [-0.4, -0.2) is 47.6 Å². The fourth-order valence-electron chi connectivity index (χ4n) is 2.12. The molecule has 0 bridgehead atoms. The molecule has 1 aromatic carbocycles. The van der Waals surface area contributed by atoms with E-state index in [9.17, 15) is 9.90 Å². The van der Waals surface area contributed by atoms with E-state index in [0.717, 1.165) is 0 Å². The molecule has 0 amide bonds. The largest absolute Gasteiger partial charge is 0.489 e. The number of halogens is 2. The number of ether oxygens (including phenoxy) is 1. The first-order valence-electron chi connectivity index (χ1n) is 7.26. The Morgan fingerprint density at radius 3 is 2.83 bits per heavy atom. The van der Waals surface area contributed by atoms with Gasteiger partial charge in [0.1, 0.15) is 23.5 Å². The van der Waals surface area contributed by atoms with Gasteiger partial charge in [-0.1, -0.05) is 35.3 Å². The first-order valence-corrected chi connectivity index (χ1v) is 8.02. The van der Waals surface area contributed by atoms with Crippen molar-refractivity contribution in [3.8, 4) is 5.75 Å². The molecule has 0 spiro atoms. The molecule has 0 saturated carbocycles. The Morgan fingerprint density at radius 2 is 2.12 bits per heavy atom. The highest BCUT2D eigenvalue weighted by atomic mass is 35.5. The molecule has 0 fully saturated rings. The smallest absolute Gasteiger partial charge is 0.285 e. The number of nitrogens with zero attached hydrogens (tertiary/aromatic N) is 2. The highest BCUT2D eigenvalue weighted by molar-refractivity contribution is 6.33. The van der Waals surface area contributed by atoms with Gasteiger partial charge in [0.15, 0.2) is 0 Å². The highest BCUT2D eigenvalue weighted by Gasteiger charge is 2.17. The molecule has 24 heavy (non-hydrogen) atoms. The fourth-order valence-corrected chi connectivity index (χ4v) is 2.52. The number of benzene rings is 1. The van der Waals surface area contributed by atoms with Crippen LogP contribution in [0.3, 0.4) is 0 Å². The van der Waals surface area contributed by atoms with Gasteiger partial charge in [-0.25, -0.2) is 5.10 Å². The van der Waals surface area contributed by atoms with Gasteiger partial charge < -0.3 is 20.5 Å². The Balaban J connectivity index is 2.03. The molecular formula is C15H18Cl2N4O3. The Morgan fingerprint density at radius 1 is 1.38 bits per heavy atom. The third-order valence-electron chi connectivity index (χ3n) is 3.22. The number of rotatable bonds is 8. The van der Waals surface area contributed by atoms with E-state index in [2.05, 4.69) is 10.2 Å². The SMILES string of the molecule is NCCN(CC(O)COc1ccccc1Cl)c1cn[nH]c(=O)c1Cl. The molecule has 1 atom stereocenters. The molecule has 9 heteroatoms. The minimum atomic E-state index is -0.844. The summed E-state index contributed by atoms with van der Waals surface area (Å²) in [6.45, 7) is 0.917. The maximum atomic E-state index is 11.6. The molecule has 0 aliphatic heterocycles. The number of aliphatic hydroxyl groups is 1. The van der Waals surface area contributed by atoms with E-state index in [4.69, 9.17) is 33.7 Å². The summed E-state index contributed by atoms with van der Waals surface area (Å²) in [4.78, 5) is 13.3. The molecule has 0 aliphatic rings. The summed E-state index contributed by atoms with van der Waals surface area (Å²) in [7, 11) is 0. The summed E-state index contributed by atoms with van der Waals surface area (Å²) < 4.78 is 5.51. The van der Waals surface area contributed by atoms with Gasteiger partial charge in [0.05, 0.1) is 16.9 Å². The van der Waals surface area contributed by atoms with Crippen LogP contribution in [-0.2, 0) is 0 Å². The quantitative estimate of drug-likeness (QED) is 0.644. The molecular weight excluding hydrogens is 355 g/mol. The second-order valence-corrected chi connectivity index (χ2v) is 5.81. The van der Waals surface area contributed by atoms with Crippen molar-refractivity contribution in [1.82, 2.24) is 10.2 Å². The van der Waals surface area contributed by atoms with Crippen molar-refractivity contribution in [1.29, 1.82) is 0 Å². The van der Waals surface area contributed by atoms with Gasteiger partial charge in [0.2, 0.25) is 0 Å².